The standard InChI is InChI=1S/C51H59NO15Si/c1-30(53)61-29-44-48(65-32(3)55)49(66-33(4)56)47(64-31(2)54)43(67-44)26-42(57)46(59)45(58)41(28-63-68(51(5,6)7,34-18-10-8-11-19-34)35-20-12-9-13-21-35)52-50(60)62-27-40-38-24-16-14-22-36(38)37-23-15-17-25-39(37)40/h8-25,40-41,43-49,58-59H,26-29H2,1-7H3,(H,52,60)/t41-,43-,44-,45+,46+,47+,48-,49-/m1/s1. The molecule has 6 rings (SSSR count). The Morgan fingerprint density at radius 2 is 1.09 bits per heavy atom. The Balaban J connectivity index is 1.32. The van der Waals surface area contributed by atoms with Crippen molar-refractivity contribution in [1.82, 2.24) is 5.32 Å². The van der Waals surface area contributed by atoms with Crippen LogP contribution in [0.4, 0.5) is 4.79 Å². The van der Waals surface area contributed by atoms with Gasteiger partial charge in [-0.15, -0.1) is 0 Å². The lowest BCUT2D eigenvalue weighted by Crippen LogP contribution is -2.68. The molecule has 4 aromatic rings. The molecule has 1 aliphatic heterocycles. The van der Waals surface area contributed by atoms with Gasteiger partial charge >= 0.3 is 30.0 Å². The van der Waals surface area contributed by atoms with Crippen LogP contribution in [0.2, 0.25) is 5.04 Å². The van der Waals surface area contributed by atoms with E-state index < -0.39 is 118 Å². The van der Waals surface area contributed by atoms with Gasteiger partial charge in [0.05, 0.1) is 12.6 Å². The van der Waals surface area contributed by atoms with Gasteiger partial charge in [0.15, 0.2) is 24.1 Å². The van der Waals surface area contributed by atoms with Crippen LogP contribution in [0.15, 0.2) is 109 Å². The molecular formula is C51H59NO15Si. The Hall–Kier alpha value is -6.24. The number of hydrogen-bond donors (Lipinski definition) is 3. The van der Waals surface area contributed by atoms with E-state index in [2.05, 4.69) is 5.32 Å². The SMILES string of the molecule is CC(=O)OC[C@H]1O[C@H](CC(=O)[C@H](O)[C@@H](O)[C@@H](CO[Si](c2ccccc2)(c2ccccc2)C(C)(C)C)NC(=O)OCC2c3ccccc3-c3ccccc32)[C@H](OC(C)=O)[C@@H](OC(C)=O)[C@@H]1OC(C)=O. The van der Waals surface area contributed by atoms with E-state index in [0.717, 1.165) is 60.3 Å². The molecule has 1 fully saturated rings. The summed E-state index contributed by atoms with van der Waals surface area (Å²) < 4.78 is 40.7. The lowest BCUT2D eigenvalue weighted by molar-refractivity contribution is -0.253. The maximum absolute atomic E-state index is 14.3. The Morgan fingerprint density at radius 3 is 1.57 bits per heavy atom. The van der Waals surface area contributed by atoms with Gasteiger partial charge in [0.2, 0.25) is 0 Å². The minimum atomic E-state index is -3.36. The number of esters is 4. The number of ketones is 1. The van der Waals surface area contributed by atoms with Crippen molar-refractivity contribution in [2.75, 3.05) is 19.8 Å². The van der Waals surface area contributed by atoms with Crippen LogP contribution in [0.25, 0.3) is 11.1 Å². The van der Waals surface area contributed by atoms with Gasteiger partial charge in [-0.25, -0.2) is 4.79 Å². The minimum Gasteiger partial charge on any atom is -0.463 e. The normalized spacial score (nSPS) is 20.3. The molecule has 2 aliphatic rings. The fraction of sp³-hybridized carbons (Fsp3) is 0.412. The zero-order chi connectivity index (χ0) is 49.3. The molecule has 0 radical (unpaired) electrons. The molecule has 1 amide bonds. The largest absolute Gasteiger partial charge is 0.463 e. The summed E-state index contributed by atoms with van der Waals surface area (Å²) in [7, 11) is -3.36. The van der Waals surface area contributed by atoms with E-state index in [1.165, 1.54) is 0 Å². The number of carbonyl (C=O) groups is 6. The minimum absolute atomic E-state index is 0.0807. The fourth-order valence-electron chi connectivity index (χ4n) is 9.21. The van der Waals surface area contributed by atoms with Crippen LogP contribution in [-0.4, -0.2) is 123 Å². The number of alkyl carbamates (subject to hydrolysis) is 1. The highest BCUT2D eigenvalue weighted by atomic mass is 28.4. The van der Waals surface area contributed by atoms with E-state index in [-0.39, 0.29) is 12.5 Å². The first-order valence-electron chi connectivity index (χ1n) is 22.4. The van der Waals surface area contributed by atoms with Gasteiger partial charge in [-0.2, -0.15) is 0 Å². The van der Waals surface area contributed by atoms with Gasteiger partial charge in [-0.3, -0.25) is 24.0 Å². The molecule has 1 saturated heterocycles. The number of ether oxygens (including phenoxy) is 6. The molecule has 0 bridgehead atoms. The number of amides is 1. The molecule has 362 valence electrons. The quantitative estimate of drug-likeness (QED) is 0.0721. The highest BCUT2D eigenvalue weighted by Gasteiger charge is 2.54. The molecule has 1 aliphatic carbocycles. The number of rotatable bonds is 18. The summed E-state index contributed by atoms with van der Waals surface area (Å²) in [5.74, 6) is -4.69. The summed E-state index contributed by atoms with van der Waals surface area (Å²) in [6, 6.07) is 33.3. The highest BCUT2D eigenvalue weighted by molar-refractivity contribution is 6.99. The third kappa shape index (κ3) is 11.7. The molecular weight excluding hydrogens is 895 g/mol. The lowest BCUT2D eigenvalue weighted by atomic mass is 9.89. The van der Waals surface area contributed by atoms with Crippen LogP contribution >= 0.6 is 0 Å². The molecule has 3 N–H and O–H groups in total. The maximum Gasteiger partial charge on any atom is 0.407 e. The predicted molar refractivity (Wildman–Crippen MR) is 249 cm³/mol. The number of fused-ring (bicyclic) bond motifs is 3. The Kier molecular flexibility index (Phi) is 16.7. The second-order valence-corrected chi connectivity index (χ2v) is 22.2. The molecule has 0 aromatic heterocycles. The molecule has 8 atom stereocenters. The first-order valence-corrected chi connectivity index (χ1v) is 24.3. The van der Waals surface area contributed by atoms with E-state index >= 15 is 0 Å². The zero-order valence-corrected chi connectivity index (χ0v) is 40.1. The maximum atomic E-state index is 14.3. The van der Waals surface area contributed by atoms with Crippen molar-refractivity contribution in [3.63, 3.8) is 0 Å². The zero-order valence-electron chi connectivity index (χ0n) is 39.1. The number of aliphatic hydroxyl groups excluding tert-OH is 2. The summed E-state index contributed by atoms with van der Waals surface area (Å²) in [4.78, 5) is 77.3. The van der Waals surface area contributed by atoms with Crippen molar-refractivity contribution >= 4 is 54.4 Å². The number of benzene rings is 4. The molecule has 0 spiro atoms. The second-order valence-electron chi connectivity index (χ2n) is 17.9. The van der Waals surface area contributed by atoms with Gasteiger partial charge in [-0.1, -0.05) is 130 Å². The Labute approximate surface area is 396 Å². The molecule has 0 saturated carbocycles. The molecule has 17 heteroatoms. The average Bonchev–Trinajstić information content (AvgIpc) is 3.62. The van der Waals surface area contributed by atoms with E-state index in [4.69, 9.17) is 32.8 Å². The number of aliphatic hydroxyl groups is 2. The monoisotopic (exact) mass is 953 g/mol. The van der Waals surface area contributed by atoms with Gasteiger partial charge in [0.1, 0.15) is 37.6 Å². The molecule has 68 heavy (non-hydrogen) atoms. The molecule has 1 heterocycles. The van der Waals surface area contributed by atoms with Crippen molar-refractivity contribution in [3.8, 4) is 11.1 Å². The summed E-state index contributed by atoms with van der Waals surface area (Å²) in [6.07, 6.45) is -13.6. The van der Waals surface area contributed by atoms with Crippen LogP contribution in [0.3, 0.4) is 0 Å². The third-order valence-corrected chi connectivity index (χ3v) is 17.1. The summed E-state index contributed by atoms with van der Waals surface area (Å²) in [5.41, 5.74) is 3.97. The first-order chi connectivity index (χ1) is 32.3. The first kappa shape index (κ1) is 51.2. The number of hydrogen-bond acceptors (Lipinski definition) is 15. The van der Waals surface area contributed by atoms with Gasteiger partial charge in [0, 0.05) is 40.0 Å². The molecule has 4 aromatic carbocycles. The smallest absolute Gasteiger partial charge is 0.407 e. The summed E-state index contributed by atoms with van der Waals surface area (Å²) in [6.45, 7) is 9.39. The van der Waals surface area contributed by atoms with Crippen LogP contribution in [0, 0.1) is 0 Å². The van der Waals surface area contributed by atoms with E-state index in [0.29, 0.717) is 0 Å². The molecule has 0 unspecified atom stereocenters. The van der Waals surface area contributed by atoms with Gasteiger partial charge < -0.3 is 48.4 Å². The van der Waals surface area contributed by atoms with Crippen molar-refractivity contribution in [1.29, 1.82) is 0 Å². The predicted octanol–water partition coefficient (Wildman–Crippen LogP) is 4.28. The highest BCUT2D eigenvalue weighted by Crippen LogP contribution is 2.44. The Bertz CT molecular complexity index is 2340. The molecule has 16 nitrogen and oxygen atoms in total. The third-order valence-electron chi connectivity index (χ3n) is 12.1. The fourth-order valence-corrected chi connectivity index (χ4v) is 13.8. The second kappa shape index (κ2) is 22.2. The van der Waals surface area contributed by atoms with Gasteiger partial charge in [0.25, 0.3) is 8.32 Å². The van der Waals surface area contributed by atoms with Crippen LogP contribution in [-0.2, 0) is 56.8 Å². The van der Waals surface area contributed by atoms with E-state index in [9.17, 15) is 39.0 Å². The van der Waals surface area contributed by atoms with E-state index in [1.807, 2.05) is 130 Å². The van der Waals surface area contributed by atoms with Crippen LogP contribution < -0.4 is 15.7 Å². The van der Waals surface area contributed by atoms with Gasteiger partial charge in [-0.05, 0) is 37.7 Å². The average molecular weight is 954 g/mol. The number of carbonyl (C=O) groups excluding carboxylic acids is 6. The van der Waals surface area contributed by atoms with Crippen molar-refractivity contribution in [3.05, 3.63) is 120 Å². The summed E-state index contributed by atoms with van der Waals surface area (Å²) in [5, 5.41) is 27.8. The van der Waals surface area contributed by atoms with Crippen molar-refractivity contribution in [2.45, 2.75) is 115 Å². The summed E-state index contributed by atoms with van der Waals surface area (Å²) >= 11 is 0. The van der Waals surface area contributed by atoms with Crippen LogP contribution in [0.5, 0.6) is 0 Å². The number of Topliss-reactive ketones (excluding diaryl/α,β-unsaturated/α-hetero) is 1. The van der Waals surface area contributed by atoms with Crippen molar-refractivity contribution in [2.24, 2.45) is 0 Å². The number of nitrogens with one attached hydrogen (secondary N) is 1. The van der Waals surface area contributed by atoms with Crippen molar-refractivity contribution < 1.29 is 71.8 Å². The topological polar surface area (TPSA) is 220 Å². The van der Waals surface area contributed by atoms with Crippen LogP contribution in [0.1, 0.15) is 71.9 Å². The Morgan fingerprint density at radius 1 is 0.618 bits per heavy atom. The van der Waals surface area contributed by atoms with E-state index in [1.54, 1.807) is 0 Å². The lowest BCUT2D eigenvalue weighted by Gasteiger charge is -2.44.